The van der Waals surface area contributed by atoms with E-state index in [-0.39, 0.29) is 25.2 Å². The van der Waals surface area contributed by atoms with E-state index < -0.39 is 27.7 Å². The molecule has 0 saturated carbocycles. The maximum atomic E-state index is 12.2. The zero-order valence-corrected chi connectivity index (χ0v) is 11.0. The molecule has 0 radical (unpaired) electrons. The van der Waals surface area contributed by atoms with Gasteiger partial charge in [0.1, 0.15) is 0 Å². The molecular weight excluding hydrogens is 319 g/mol. The summed E-state index contributed by atoms with van der Waals surface area (Å²) in [5.41, 5.74) is -4.98. The van der Waals surface area contributed by atoms with Crippen LogP contribution in [0.2, 0.25) is 0 Å². The van der Waals surface area contributed by atoms with E-state index in [1.807, 2.05) is 0 Å². The van der Waals surface area contributed by atoms with Gasteiger partial charge in [0.2, 0.25) is 0 Å². The van der Waals surface area contributed by atoms with Gasteiger partial charge in [-0.2, -0.15) is 26.6 Å². The lowest BCUT2D eigenvalue weighted by molar-refractivity contribution is -0.0503. The van der Waals surface area contributed by atoms with Crippen molar-refractivity contribution in [1.29, 1.82) is 0 Å². The number of fused-ring (bicyclic) bond motifs is 1. The van der Waals surface area contributed by atoms with E-state index in [9.17, 15) is 26.4 Å². The van der Waals surface area contributed by atoms with Gasteiger partial charge in [-0.25, -0.2) is 9.78 Å². The minimum absolute atomic E-state index is 0.103. The number of nitrogens with zero attached hydrogens (tertiary/aromatic N) is 3. The first-order valence-corrected chi connectivity index (χ1v) is 6.84. The molecule has 0 bridgehead atoms. The van der Waals surface area contributed by atoms with E-state index in [0.717, 1.165) is 11.1 Å². The van der Waals surface area contributed by atoms with Crippen molar-refractivity contribution in [2.45, 2.75) is 18.5 Å². The summed E-state index contributed by atoms with van der Waals surface area (Å²) in [4.78, 5) is 18.7. The summed E-state index contributed by atoms with van der Waals surface area (Å²) in [6.45, 7) is 0.00234. The zero-order valence-electron chi connectivity index (χ0n) is 10.2. The number of carboxylic acid groups (broad SMARTS) is 1. The average molecular weight is 327 g/mol. The van der Waals surface area contributed by atoms with Gasteiger partial charge in [-0.3, -0.25) is 0 Å². The number of amides is 1. The molecule has 1 aliphatic rings. The van der Waals surface area contributed by atoms with Gasteiger partial charge in [-0.15, -0.1) is 0 Å². The molecule has 8 nitrogen and oxygen atoms in total. The van der Waals surface area contributed by atoms with Crippen molar-refractivity contribution in [3.05, 3.63) is 17.5 Å². The Morgan fingerprint density at radius 3 is 2.67 bits per heavy atom. The lowest BCUT2D eigenvalue weighted by Crippen LogP contribution is -2.35. The summed E-state index contributed by atoms with van der Waals surface area (Å²) in [5, 5.41) is 8.83. The van der Waals surface area contributed by atoms with Crippen molar-refractivity contribution in [2.24, 2.45) is 0 Å². The zero-order chi connectivity index (χ0) is 15.8. The summed E-state index contributed by atoms with van der Waals surface area (Å²) in [6.07, 6.45) is 0.168. The summed E-state index contributed by atoms with van der Waals surface area (Å²) in [5.74, 6) is 0. The number of rotatable bonds is 2. The number of aromatic nitrogens is 2. The number of carbonyl (C=O) groups is 1. The molecule has 1 aromatic rings. The second-order valence-corrected chi connectivity index (χ2v) is 5.60. The standard InChI is InChI=1S/C9H8F3N3O5S/c10-9(11,12)21(18,19)20-7-13-3-5-1-2-15(8(16)17)4-6(5)14-7/h3H,1-2,4H2,(H,16,17). The van der Waals surface area contributed by atoms with Crippen LogP contribution in [0.5, 0.6) is 6.01 Å². The monoisotopic (exact) mass is 327 g/mol. The topological polar surface area (TPSA) is 110 Å². The highest BCUT2D eigenvalue weighted by Gasteiger charge is 2.49. The predicted octanol–water partition coefficient (Wildman–Crippen LogP) is 0.741. The van der Waals surface area contributed by atoms with Gasteiger partial charge in [0.25, 0.3) is 0 Å². The van der Waals surface area contributed by atoms with Gasteiger partial charge in [0.05, 0.1) is 12.2 Å². The summed E-state index contributed by atoms with van der Waals surface area (Å²) < 4.78 is 62.0. The number of hydrogen-bond acceptors (Lipinski definition) is 6. The quantitative estimate of drug-likeness (QED) is 0.630. The molecule has 0 saturated heterocycles. The first kappa shape index (κ1) is 15.3. The van der Waals surface area contributed by atoms with E-state index in [1.54, 1.807) is 0 Å². The SMILES string of the molecule is O=C(O)N1CCc2cnc(OS(=O)(=O)C(F)(F)F)nc2C1. The highest BCUT2D eigenvalue weighted by atomic mass is 32.2. The highest BCUT2D eigenvalue weighted by Crippen LogP contribution is 2.26. The predicted molar refractivity (Wildman–Crippen MR) is 59.8 cm³/mol. The summed E-state index contributed by atoms with van der Waals surface area (Å²) >= 11 is 0. The summed E-state index contributed by atoms with van der Waals surface area (Å²) in [6, 6.07) is -1.00. The van der Waals surface area contributed by atoms with Crippen LogP contribution in [0.3, 0.4) is 0 Å². The first-order chi connectivity index (χ1) is 9.60. The van der Waals surface area contributed by atoms with Gasteiger partial charge in [0, 0.05) is 12.7 Å². The molecule has 2 rings (SSSR count). The van der Waals surface area contributed by atoms with Crippen LogP contribution in [0.1, 0.15) is 11.3 Å². The molecule has 116 valence electrons. The fraction of sp³-hybridized carbons (Fsp3) is 0.444. The van der Waals surface area contributed by atoms with Gasteiger partial charge < -0.3 is 14.2 Å². The normalized spacial score (nSPS) is 15.5. The van der Waals surface area contributed by atoms with E-state index in [4.69, 9.17) is 5.11 Å². The van der Waals surface area contributed by atoms with Crippen molar-refractivity contribution in [3.63, 3.8) is 0 Å². The molecule has 0 aromatic carbocycles. The molecule has 1 N–H and O–H groups in total. The lowest BCUT2D eigenvalue weighted by atomic mass is 10.1. The Bertz CT molecular complexity index is 676. The van der Waals surface area contributed by atoms with Crippen molar-refractivity contribution in [1.82, 2.24) is 14.9 Å². The molecule has 0 aliphatic carbocycles. The number of hydrogen-bond donors (Lipinski definition) is 1. The Hall–Kier alpha value is -2.11. The van der Waals surface area contributed by atoms with Crippen LogP contribution >= 0.6 is 0 Å². The Labute approximate surface area is 116 Å². The molecule has 0 unspecified atom stereocenters. The molecule has 0 atom stereocenters. The van der Waals surface area contributed by atoms with E-state index >= 15 is 0 Å². The fourth-order valence-corrected chi connectivity index (χ4v) is 2.00. The minimum Gasteiger partial charge on any atom is -0.465 e. The third kappa shape index (κ3) is 3.15. The van der Waals surface area contributed by atoms with Crippen molar-refractivity contribution in [2.75, 3.05) is 6.54 Å². The van der Waals surface area contributed by atoms with Gasteiger partial charge >= 0.3 is 27.7 Å². The van der Waals surface area contributed by atoms with Crippen LogP contribution in [0.15, 0.2) is 6.20 Å². The van der Waals surface area contributed by atoms with Crippen molar-refractivity contribution < 1.29 is 35.7 Å². The fourth-order valence-electron chi connectivity index (χ4n) is 1.63. The average Bonchev–Trinajstić information content (AvgIpc) is 2.36. The maximum Gasteiger partial charge on any atom is 0.534 e. The molecule has 12 heteroatoms. The highest BCUT2D eigenvalue weighted by molar-refractivity contribution is 7.87. The minimum atomic E-state index is -5.86. The lowest BCUT2D eigenvalue weighted by Gasteiger charge is -2.25. The molecule has 1 aliphatic heterocycles. The van der Waals surface area contributed by atoms with Crippen LogP contribution in [0, 0.1) is 0 Å². The van der Waals surface area contributed by atoms with E-state index in [0.29, 0.717) is 5.56 Å². The molecule has 2 heterocycles. The van der Waals surface area contributed by atoms with Crippen LogP contribution in [-0.4, -0.2) is 46.5 Å². The van der Waals surface area contributed by atoms with Gasteiger partial charge in [-0.05, 0) is 12.0 Å². The smallest absolute Gasteiger partial charge is 0.465 e. The Kier molecular flexibility index (Phi) is 3.65. The molecular formula is C9H8F3N3O5S. The molecule has 0 fully saturated rings. The Morgan fingerprint density at radius 1 is 1.43 bits per heavy atom. The second-order valence-electron chi connectivity index (χ2n) is 4.06. The van der Waals surface area contributed by atoms with Gasteiger partial charge in [0.15, 0.2) is 0 Å². The van der Waals surface area contributed by atoms with E-state index in [2.05, 4.69) is 14.2 Å². The van der Waals surface area contributed by atoms with E-state index in [1.165, 1.54) is 0 Å². The Balaban J connectivity index is 2.26. The molecule has 21 heavy (non-hydrogen) atoms. The van der Waals surface area contributed by atoms with Gasteiger partial charge in [-0.1, -0.05) is 0 Å². The Morgan fingerprint density at radius 2 is 2.10 bits per heavy atom. The second kappa shape index (κ2) is 5.02. The first-order valence-electron chi connectivity index (χ1n) is 5.43. The van der Waals surface area contributed by atoms with Crippen LogP contribution in [0.25, 0.3) is 0 Å². The maximum absolute atomic E-state index is 12.2. The molecule has 0 spiro atoms. The van der Waals surface area contributed by atoms with Crippen molar-refractivity contribution in [3.8, 4) is 6.01 Å². The third-order valence-corrected chi connectivity index (χ3v) is 3.60. The van der Waals surface area contributed by atoms with Crippen LogP contribution in [-0.2, 0) is 23.1 Å². The third-order valence-electron chi connectivity index (χ3n) is 2.66. The largest absolute Gasteiger partial charge is 0.534 e. The number of halogens is 3. The molecule has 1 amide bonds. The van der Waals surface area contributed by atoms with Crippen molar-refractivity contribution >= 4 is 16.2 Å². The molecule has 1 aromatic heterocycles. The number of alkyl halides is 3. The van der Waals surface area contributed by atoms with Crippen LogP contribution in [0.4, 0.5) is 18.0 Å². The van der Waals surface area contributed by atoms with Crippen LogP contribution < -0.4 is 4.18 Å². The summed E-state index contributed by atoms with van der Waals surface area (Å²) in [7, 11) is -5.86.